The lowest BCUT2D eigenvalue weighted by atomic mass is 10.1. The highest BCUT2D eigenvalue weighted by atomic mass is 35.6. The number of ether oxygens (including phenoxy) is 2. The summed E-state index contributed by atoms with van der Waals surface area (Å²) in [7, 11) is 0. The summed E-state index contributed by atoms with van der Waals surface area (Å²) in [6.45, 7) is 6.61. The summed E-state index contributed by atoms with van der Waals surface area (Å²) in [6.07, 6.45) is 0.585. The molecule has 0 bridgehead atoms. The number of alkyl halides is 3. The van der Waals surface area contributed by atoms with E-state index >= 15 is 0 Å². The van der Waals surface area contributed by atoms with Crippen molar-refractivity contribution >= 4 is 47.0 Å². The van der Waals surface area contributed by atoms with Crippen LogP contribution in [0.1, 0.15) is 33.3 Å². The Bertz CT molecular complexity index is 533. The molecule has 1 rings (SSSR count). The fraction of sp³-hybridized carbons (Fsp3) is 0.438. The molecule has 0 aliphatic heterocycles. The van der Waals surface area contributed by atoms with Crippen LogP contribution in [-0.4, -0.2) is 21.7 Å². The Balaban J connectivity index is 2.67. The smallest absolute Gasteiger partial charge is 0.427 e. The first-order chi connectivity index (χ1) is 10.0. The molecule has 0 radical (unpaired) electrons. The summed E-state index contributed by atoms with van der Waals surface area (Å²) in [5.74, 6) is 0. The molecule has 6 heteroatoms. The molecular weight excluding hydrogens is 347 g/mol. The Morgan fingerprint density at radius 3 is 2.23 bits per heavy atom. The lowest BCUT2D eigenvalue weighted by Gasteiger charge is -2.31. The van der Waals surface area contributed by atoms with Crippen LogP contribution in [-0.2, 0) is 9.47 Å². The van der Waals surface area contributed by atoms with Crippen molar-refractivity contribution in [3.8, 4) is 0 Å². The average molecular weight is 366 g/mol. The molecule has 122 valence electrons. The van der Waals surface area contributed by atoms with Gasteiger partial charge in [0.2, 0.25) is 3.79 Å². The molecule has 0 unspecified atom stereocenters. The summed E-state index contributed by atoms with van der Waals surface area (Å²) in [5, 5.41) is 0. The number of carbonyl (C=O) groups is 1. The van der Waals surface area contributed by atoms with Crippen LogP contribution in [0.25, 0.3) is 6.08 Å². The zero-order valence-corrected chi connectivity index (χ0v) is 15.2. The van der Waals surface area contributed by atoms with Crippen LogP contribution in [0.5, 0.6) is 0 Å². The number of hydrogen-bond donors (Lipinski definition) is 0. The van der Waals surface area contributed by atoms with Gasteiger partial charge >= 0.3 is 6.16 Å². The van der Waals surface area contributed by atoms with Gasteiger partial charge in [0.15, 0.2) is 5.60 Å². The largest absolute Gasteiger partial charge is 0.509 e. The highest BCUT2D eigenvalue weighted by molar-refractivity contribution is 6.68. The molecule has 0 saturated carbocycles. The van der Waals surface area contributed by atoms with Crippen LogP contribution < -0.4 is 0 Å². The van der Waals surface area contributed by atoms with E-state index in [4.69, 9.17) is 44.3 Å². The first-order valence-electron chi connectivity index (χ1n) is 6.72. The van der Waals surface area contributed by atoms with Gasteiger partial charge in [0, 0.05) is 0 Å². The number of hydrogen-bond acceptors (Lipinski definition) is 3. The van der Waals surface area contributed by atoms with Gasteiger partial charge < -0.3 is 9.47 Å². The molecule has 0 aliphatic rings. The molecule has 3 nitrogen and oxygen atoms in total. The number of carbonyl (C=O) groups excluding carboxylic acids is 1. The van der Waals surface area contributed by atoms with Crippen molar-refractivity contribution in [3.05, 3.63) is 41.5 Å². The SMILES string of the molecule is C/C(=C\c1ccccc1)[C@H](C)OC(=O)OC(C)(C)C(Cl)(Cl)Cl. The van der Waals surface area contributed by atoms with Gasteiger partial charge in [-0.2, -0.15) is 0 Å². The molecule has 1 aromatic carbocycles. The highest BCUT2D eigenvalue weighted by Gasteiger charge is 2.44. The Labute approximate surface area is 146 Å². The van der Waals surface area contributed by atoms with E-state index in [9.17, 15) is 4.79 Å². The minimum absolute atomic E-state index is 0.459. The number of halogens is 3. The topological polar surface area (TPSA) is 35.5 Å². The third-order valence-corrected chi connectivity index (χ3v) is 4.49. The van der Waals surface area contributed by atoms with Crippen molar-refractivity contribution in [2.24, 2.45) is 0 Å². The molecule has 0 spiro atoms. The maximum absolute atomic E-state index is 11.8. The fourth-order valence-electron chi connectivity index (χ4n) is 1.46. The maximum atomic E-state index is 11.8. The molecule has 0 saturated heterocycles. The van der Waals surface area contributed by atoms with Gasteiger partial charge in [0.05, 0.1) is 0 Å². The number of rotatable bonds is 4. The van der Waals surface area contributed by atoms with Gasteiger partial charge in [-0.25, -0.2) is 4.79 Å². The van der Waals surface area contributed by atoms with E-state index in [1.165, 1.54) is 13.8 Å². The molecular formula is C16H19Cl3O3. The van der Waals surface area contributed by atoms with Crippen LogP contribution in [0.15, 0.2) is 35.9 Å². The summed E-state index contributed by atoms with van der Waals surface area (Å²) < 4.78 is 8.55. The third kappa shape index (κ3) is 5.71. The molecule has 0 fully saturated rings. The zero-order chi connectivity index (χ0) is 17.0. The second kappa shape index (κ2) is 7.58. The van der Waals surface area contributed by atoms with Crippen LogP contribution in [0.4, 0.5) is 4.79 Å². The summed E-state index contributed by atoms with van der Waals surface area (Å²) in [6, 6.07) is 9.72. The lowest BCUT2D eigenvalue weighted by molar-refractivity contribution is -0.0237. The Morgan fingerprint density at radius 2 is 1.73 bits per heavy atom. The fourth-order valence-corrected chi connectivity index (χ4v) is 1.57. The summed E-state index contributed by atoms with van der Waals surface area (Å²) >= 11 is 17.3. The van der Waals surface area contributed by atoms with Crippen molar-refractivity contribution in [1.82, 2.24) is 0 Å². The van der Waals surface area contributed by atoms with Crippen LogP contribution in [0.3, 0.4) is 0 Å². The average Bonchev–Trinajstić information content (AvgIpc) is 2.37. The van der Waals surface area contributed by atoms with E-state index in [-0.39, 0.29) is 0 Å². The van der Waals surface area contributed by atoms with E-state index < -0.39 is 21.7 Å². The van der Waals surface area contributed by atoms with E-state index in [0.717, 1.165) is 11.1 Å². The molecule has 1 aromatic rings. The van der Waals surface area contributed by atoms with Gasteiger partial charge in [0.1, 0.15) is 6.10 Å². The highest BCUT2D eigenvalue weighted by Crippen LogP contribution is 2.40. The minimum atomic E-state index is -1.75. The standard InChI is InChI=1S/C16H19Cl3O3/c1-11(10-13-8-6-5-7-9-13)12(2)21-14(20)22-15(3,4)16(17,18)19/h5-10,12H,1-4H3/b11-10+/t12-/m0/s1. The van der Waals surface area contributed by atoms with Crippen molar-refractivity contribution in [3.63, 3.8) is 0 Å². The Hall–Kier alpha value is -0.900. The maximum Gasteiger partial charge on any atom is 0.509 e. The summed E-state index contributed by atoms with van der Waals surface area (Å²) in [5.41, 5.74) is 0.589. The first-order valence-corrected chi connectivity index (χ1v) is 7.86. The predicted molar refractivity (Wildman–Crippen MR) is 91.5 cm³/mol. The van der Waals surface area contributed by atoms with Crippen LogP contribution in [0, 0.1) is 0 Å². The van der Waals surface area contributed by atoms with Gasteiger partial charge in [-0.1, -0.05) is 71.2 Å². The van der Waals surface area contributed by atoms with E-state index in [0.29, 0.717) is 0 Å². The van der Waals surface area contributed by atoms with Crippen molar-refractivity contribution in [2.45, 2.75) is 43.2 Å². The first kappa shape index (κ1) is 19.1. The minimum Gasteiger partial charge on any atom is -0.427 e. The van der Waals surface area contributed by atoms with Crippen molar-refractivity contribution in [1.29, 1.82) is 0 Å². The van der Waals surface area contributed by atoms with Crippen molar-refractivity contribution in [2.75, 3.05) is 0 Å². The molecule has 1 atom stereocenters. The zero-order valence-electron chi connectivity index (χ0n) is 12.9. The predicted octanol–water partition coefficient (Wildman–Crippen LogP) is 5.78. The Kier molecular flexibility index (Phi) is 6.60. The van der Waals surface area contributed by atoms with Crippen molar-refractivity contribution < 1.29 is 14.3 Å². The quantitative estimate of drug-likeness (QED) is 0.501. The van der Waals surface area contributed by atoms with E-state index in [1.807, 2.05) is 43.3 Å². The van der Waals surface area contributed by atoms with E-state index in [1.54, 1.807) is 6.92 Å². The molecule has 0 amide bonds. The monoisotopic (exact) mass is 364 g/mol. The van der Waals surface area contributed by atoms with Gasteiger partial charge in [-0.05, 0) is 38.8 Å². The number of benzene rings is 1. The molecule has 0 aliphatic carbocycles. The molecule has 0 aromatic heterocycles. The van der Waals surface area contributed by atoms with Crippen LogP contribution in [0.2, 0.25) is 0 Å². The van der Waals surface area contributed by atoms with E-state index in [2.05, 4.69) is 0 Å². The lowest BCUT2D eigenvalue weighted by Crippen LogP contribution is -2.41. The molecule has 22 heavy (non-hydrogen) atoms. The van der Waals surface area contributed by atoms with Crippen LogP contribution >= 0.6 is 34.8 Å². The molecule has 0 N–H and O–H groups in total. The third-order valence-electron chi connectivity index (χ3n) is 3.13. The normalized spacial score (nSPS) is 14.4. The van der Waals surface area contributed by atoms with Gasteiger partial charge in [-0.15, -0.1) is 0 Å². The molecule has 0 heterocycles. The summed E-state index contributed by atoms with van der Waals surface area (Å²) in [4.78, 5) is 11.8. The van der Waals surface area contributed by atoms with Gasteiger partial charge in [-0.3, -0.25) is 0 Å². The van der Waals surface area contributed by atoms with Gasteiger partial charge in [0.25, 0.3) is 0 Å². The Morgan fingerprint density at radius 1 is 1.18 bits per heavy atom. The second-order valence-corrected chi connectivity index (χ2v) is 7.70. The second-order valence-electron chi connectivity index (χ2n) is 5.42.